The van der Waals surface area contributed by atoms with Crippen LogP contribution in [0.1, 0.15) is 56.6 Å². The van der Waals surface area contributed by atoms with Gasteiger partial charge in [0.25, 0.3) is 0 Å². The summed E-state index contributed by atoms with van der Waals surface area (Å²) in [5.74, 6) is 2.10. The lowest BCUT2D eigenvalue weighted by molar-refractivity contribution is 0.145. The largest absolute Gasteiger partial charge is 0.382 e. The zero-order valence-electron chi connectivity index (χ0n) is 15.3. The minimum absolute atomic E-state index is 0. The first-order valence-electron chi connectivity index (χ1n) is 8.80. The Balaban J connectivity index is 0.00000288. The predicted octanol–water partition coefficient (Wildman–Crippen LogP) is 3.88. The van der Waals surface area contributed by atoms with E-state index in [4.69, 9.17) is 4.74 Å². The maximum atomic E-state index is 5.34. The van der Waals surface area contributed by atoms with Gasteiger partial charge < -0.3 is 15.4 Å². The molecule has 1 saturated carbocycles. The standard InChI is InChI=1S/C19H31N3O.HI/c1-5-23-12-6-11-21-19(20-4)22-18-13-17(18)16-9-7-15(8-10-16)14(2)3;/h7-10,14,17-18H,5-6,11-13H2,1-4H3,(H2,20,21,22);1H. The smallest absolute Gasteiger partial charge is 0.191 e. The molecule has 0 amide bonds. The van der Waals surface area contributed by atoms with E-state index in [1.54, 1.807) is 0 Å². The number of hydrogen-bond acceptors (Lipinski definition) is 2. The maximum Gasteiger partial charge on any atom is 0.191 e. The van der Waals surface area contributed by atoms with Gasteiger partial charge in [-0.3, -0.25) is 4.99 Å². The fourth-order valence-electron chi connectivity index (χ4n) is 2.75. The molecule has 2 atom stereocenters. The molecule has 1 aromatic rings. The van der Waals surface area contributed by atoms with E-state index < -0.39 is 0 Å². The Morgan fingerprint density at radius 2 is 2.00 bits per heavy atom. The van der Waals surface area contributed by atoms with Crippen molar-refractivity contribution in [3.8, 4) is 0 Å². The number of rotatable bonds is 8. The quantitative estimate of drug-likeness (QED) is 0.276. The summed E-state index contributed by atoms with van der Waals surface area (Å²) in [6.45, 7) is 8.96. The van der Waals surface area contributed by atoms with Crippen LogP contribution in [0.3, 0.4) is 0 Å². The minimum Gasteiger partial charge on any atom is -0.382 e. The number of hydrogen-bond donors (Lipinski definition) is 2. The molecule has 1 aromatic carbocycles. The molecule has 2 N–H and O–H groups in total. The lowest BCUT2D eigenvalue weighted by atomic mass is 10.0. The first-order valence-corrected chi connectivity index (χ1v) is 8.80. The highest BCUT2D eigenvalue weighted by Gasteiger charge is 2.38. The normalized spacial score (nSPS) is 19.8. The fourth-order valence-corrected chi connectivity index (χ4v) is 2.75. The zero-order chi connectivity index (χ0) is 16.7. The van der Waals surface area contributed by atoms with Crippen LogP contribution in [0.15, 0.2) is 29.3 Å². The van der Waals surface area contributed by atoms with Crippen molar-refractivity contribution >= 4 is 29.9 Å². The molecule has 4 nitrogen and oxygen atoms in total. The van der Waals surface area contributed by atoms with Gasteiger partial charge in [-0.25, -0.2) is 0 Å². The van der Waals surface area contributed by atoms with E-state index in [0.717, 1.165) is 32.1 Å². The van der Waals surface area contributed by atoms with Crippen LogP contribution in [0.25, 0.3) is 0 Å². The van der Waals surface area contributed by atoms with Crippen molar-refractivity contribution in [2.45, 2.75) is 51.5 Å². The molecule has 0 saturated heterocycles. The third-order valence-corrected chi connectivity index (χ3v) is 4.33. The summed E-state index contributed by atoms with van der Waals surface area (Å²) in [4.78, 5) is 4.31. The van der Waals surface area contributed by atoms with E-state index in [9.17, 15) is 0 Å². The molecule has 24 heavy (non-hydrogen) atoms. The first-order chi connectivity index (χ1) is 11.2. The van der Waals surface area contributed by atoms with Crippen molar-refractivity contribution in [3.05, 3.63) is 35.4 Å². The Kier molecular flexibility index (Phi) is 9.66. The van der Waals surface area contributed by atoms with Crippen LogP contribution in [0.4, 0.5) is 0 Å². The zero-order valence-corrected chi connectivity index (χ0v) is 17.7. The number of ether oxygens (including phenoxy) is 1. The molecule has 2 rings (SSSR count). The number of nitrogens with one attached hydrogen (secondary N) is 2. The van der Waals surface area contributed by atoms with Gasteiger partial charge in [0.2, 0.25) is 0 Å². The van der Waals surface area contributed by atoms with Gasteiger partial charge >= 0.3 is 0 Å². The number of aliphatic imine (C=N–C) groups is 1. The SMILES string of the molecule is CCOCCCNC(=NC)NC1CC1c1ccc(C(C)C)cc1.I. The molecular formula is C19H32IN3O. The van der Waals surface area contributed by atoms with Gasteiger partial charge in [0, 0.05) is 38.8 Å². The van der Waals surface area contributed by atoms with E-state index in [-0.39, 0.29) is 24.0 Å². The van der Waals surface area contributed by atoms with Crippen LogP contribution in [0.2, 0.25) is 0 Å². The lowest BCUT2D eigenvalue weighted by Crippen LogP contribution is -2.39. The second kappa shape index (κ2) is 10.9. The summed E-state index contributed by atoms with van der Waals surface area (Å²) >= 11 is 0. The average molecular weight is 445 g/mol. The Hall–Kier alpha value is -0.820. The van der Waals surface area contributed by atoms with Crippen molar-refractivity contribution < 1.29 is 4.74 Å². The Morgan fingerprint density at radius 3 is 2.58 bits per heavy atom. The Morgan fingerprint density at radius 1 is 1.29 bits per heavy atom. The lowest BCUT2D eigenvalue weighted by Gasteiger charge is -2.12. The van der Waals surface area contributed by atoms with E-state index in [2.05, 4.69) is 53.7 Å². The predicted molar refractivity (Wildman–Crippen MR) is 113 cm³/mol. The number of guanidine groups is 1. The summed E-state index contributed by atoms with van der Waals surface area (Å²) in [7, 11) is 1.83. The molecule has 0 bridgehead atoms. The Bertz CT molecular complexity index is 502. The maximum absolute atomic E-state index is 5.34. The summed E-state index contributed by atoms with van der Waals surface area (Å²) in [5.41, 5.74) is 2.84. The van der Waals surface area contributed by atoms with Gasteiger partial charge in [-0.1, -0.05) is 38.1 Å². The van der Waals surface area contributed by atoms with Crippen LogP contribution in [0, 0.1) is 0 Å². The molecule has 0 aromatic heterocycles. The van der Waals surface area contributed by atoms with Crippen molar-refractivity contribution in [2.75, 3.05) is 26.8 Å². The summed E-state index contributed by atoms with van der Waals surface area (Å²) in [5, 5.41) is 6.87. The molecule has 2 unspecified atom stereocenters. The fraction of sp³-hybridized carbons (Fsp3) is 0.632. The van der Waals surface area contributed by atoms with Crippen molar-refractivity contribution in [2.24, 2.45) is 4.99 Å². The molecule has 1 aliphatic rings. The number of benzene rings is 1. The molecule has 0 aliphatic heterocycles. The van der Waals surface area contributed by atoms with Gasteiger partial charge in [-0.05, 0) is 36.8 Å². The van der Waals surface area contributed by atoms with Crippen LogP contribution >= 0.6 is 24.0 Å². The molecule has 5 heteroatoms. The monoisotopic (exact) mass is 445 g/mol. The topological polar surface area (TPSA) is 45.6 Å². The molecule has 0 heterocycles. The second-order valence-electron chi connectivity index (χ2n) is 6.46. The van der Waals surface area contributed by atoms with Gasteiger partial charge in [0.05, 0.1) is 0 Å². The van der Waals surface area contributed by atoms with Crippen molar-refractivity contribution in [1.29, 1.82) is 0 Å². The van der Waals surface area contributed by atoms with Gasteiger partial charge in [0.15, 0.2) is 5.96 Å². The van der Waals surface area contributed by atoms with E-state index >= 15 is 0 Å². The highest BCUT2D eigenvalue weighted by Crippen LogP contribution is 2.41. The molecule has 136 valence electrons. The van der Waals surface area contributed by atoms with E-state index in [1.165, 1.54) is 17.5 Å². The summed E-state index contributed by atoms with van der Waals surface area (Å²) in [6.07, 6.45) is 2.18. The Labute approximate surface area is 163 Å². The molecular weight excluding hydrogens is 413 g/mol. The highest BCUT2D eigenvalue weighted by atomic mass is 127. The van der Waals surface area contributed by atoms with Gasteiger partial charge in [-0.2, -0.15) is 0 Å². The van der Waals surface area contributed by atoms with Gasteiger partial charge in [0.1, 0.15) is 0 Å². The molecule has 0 spiro atoms. The van der Waals surface area contributed by atoms with Gasteiger partial charge in [-0.15, -0.1) is 24.0 Å². The molecule has 1 fully saturated rings. The minimum atomic E-state index is 0. The van der Waals surface area contributed by atoms with Crippen LogP contribution in [0.5, 0.6) is 0 Å². The van der Waals surface area contributed by atoms with Crippen molar-refractivity contribution in [3.63, 3.8) is 0 Å². The second-order valence-corrected chi connectivity index (χ2v) is 6.46. The third kappa shape index (κ3) is 6.59. The van der Waals surface area contributed by atoms with Crippen LogP contribution in [-0.2, 0) is 4.74 Å². The summed E-state index contributed by atoms with van der Waals surface area (Å²) in [6, 6.07) is 9.57. The van der Waals surface area contributed by atoms with Crippen molar-refractivity contribution in [1.82, 2.24) is 10.6 Å². The number of nitrogens with zero attached hydrogens (tertiary/aromatic N) is 1. The first kappa shape index (κ1) is 21.2. The average Bonchev–Trinajstić information content (AvgIpc) is 3.33. The third-order valence-electron chi connectivity index (χ3n) is 4.33. The van der Waals surface area contributed by atoms with E-state index in [1.807, 2.05) is 14.0 Å². The van der Waals surface area contributed by atoms with Crippen LogP contribution in [-0.4, -0.2) is 38.8 Å². The summed E-state index contributed by atoms with van der Waals surface area (Å²) < 4.78 is 5.34. The molecule has 1 aliphatic carbocycles. The van der Waals surface area contributed by atoms with E-state index in [0.29, 0.717) is 17.9 Å². The number of halogens is 1. The molecule has 0 radical (unpaired) electrons. The van der Waals surface area contributed by atoms with Crippen LogP contribution < -0.4 is 10.6 Å². The highest BCUT2D eigenvalue weighted by molar-refractivity contribution is 14.0.